The Morgan fingerprint density at radius 3 is 1.79 bits per heavy atom. The molecule has 0 radical (unpaired) electrons. The van der Waals surface area contributed by atoms with E-state index in [1.54, 1.807) is 0 Å². The van der Waals surface area contributed by atoms with Gasteiger partial charge in [0.25, 0.3) is 0 Å². The minimum atomic E-state index is -0.468. The predicted octanol–water partition coefficient (Wildman–Crippen LogP) is 12.5. The number of hydrogen-bond acceptors (Lipinski definition) is 4. The summed E-state index contributed by atoms with van der Waals surface area (Å²) in [6.07, 6.45) is -0.468. The van der Waals surface area contributed by atoms with Crippen molar-refractivity contribution in [1.82, 2.24) is 9.88 Å². The summed E-state index contributed by atoms with van der Waals surface area (Å²) in [6, 6.07) is 68.0. The highest BCUT2D eigenvalue weighted by molar-refractivity contribution is 6.17. The lowest BCUT2D eigenvalue weighted by Crippen LogP contribution is -2.36. The Balaban J connectivity index is 1.08. The van der Waals surface area contributed by atoms with Crippen LogP contribution in [0.2, 0.25) is 0 Å². The van der Waals surface area contributed by atoms with Crippen LogP contribution >= 0.6 is 0 Å². The molecule has 0 amide bonds. The lowest BCUT2D eigenvalue weighted by molar-refractivity contribution is 0.670. The number of nitrogens with one attached hydrogen (secondary N) is 1. The average Bonchev–Trinajstić information content (AvgIpc) is 3.83. The summed E-state index contributed by atoms with van der Waals surface area (Å²) < 4.78 is 8.74. The van der Waals surface area contributed by atoms with Gasteiger partial charge in [0.1, 0.15) is 22.8 Å². The van der Waals surface area contributed by atoms with Crippen molar-refractivity contribution in [3.63, 3.8) is 0 Å². The topological polar surface area (TPSA) is 54.8 Å². The van der Waals surface area contributed by atoms with Gasteiger partial charge in [0.05, 0.1) is 11.0 Å². The van der Waals surface area contributed by atoms with Gasteiger partial charge in [-0.25, -0.2) is 9.98 Å². The number of rotatable bonds is 6. The second kappa shape index (κ2) is 13.1. The van der Waals surface area contributed by atoms with Crippen LogP contribution in [-0.4, -0.2) is 16.2 Å². The highest BCUT2D eigenvalue weighted by atomic mass is 16.3. The molecule has 0 fully saturated rings. The zero-order chi connectivity index (χ0) is 37.0. The van der Waals surface area contributed by atoms with Crippen LogP contribution in [0.15, 0.2) is 209 Å². The third-order valence-corrected chi connectivity index (χ3v) is 10.9. The van der Waals surface area contributed by atoms with Gasteiger partial charge in [0, 0.05) is 49.5 Å². The molecule has 0 saturated carbocycles. The first-order chi connectivity index (χ1) is 27.8. The highest BCUT2D eigenvalue weighted by Gasteiger charge is 2.25. The molecule has 0 aliphatic carbocycles. The quantitative estimate of drug-likeness (QED) is 0.186. The zero-order valence-electron chi connectivity index (χ0n) is 30.3. The van der Waals surface area contributed by atoms with Gasteiger partial charge >= 0.3 is 0 Å². The first-order valence-corrected chi connectivity index (χ1v) is 18.9. The summed E-state index contributed by atoms with van der Waals surface area (Å²) in [5.41, 5.74) is 12.7. The van der Waals surface area contributed by atoms with E-state index in [0.717, 1.165) is 100 Å². The smallest absolute Gasteiger partial charge is 0.170 e. The zero-order valence-corrected chi connectivity index (χ0v) is 30.3. The molecule has 1 aliphatic rings. The Kier molecular flexibility index (Phi) is 7.49. The van der Waals surface area contributed by atoms with E-state index in [2.05, 4.69) is 155 Å². The SMILES string of the molecule is c1ccc(C2=NC(c3cccc4c3c3cc(-c5ccc(-c6cccc7c6oc6ccccc67)cc5)ccc3n4-c3ccccc3)N=C(c3ccccc3)N2)cc1. The molecular formula is C51H34N4O. The Morgan fingerprint density at radius 1 is 0.446 bits per heavy atom. The van der Waals surface area contributed by atoms with Gasteiger partial charge in [-0.3, -0.25) is 0 Å². The molecule has 5 heteroatoms. The van der Waals surface area contributed by atoms with E-state index in [4.69, 9.17) is 14.4 Å². The van der Waals surface area contributed by atoms with Crippen molar-refractivity contribution in [2.45, 2.75) is 6.17 Å². The molecule has 0 unspecified atom stereocenters. The molecule has 56 heavy (non-hydrogen) atoms. The number of furan rings is 1. The van der Waals surface area contributed by atoms with Crippen molar-refractivity contribution in [3.05, 3.63) is 211 Å². The van der Waals surface area contributed by atoms with E-state index in [9.17, 15) is 0 Å². The van der Waals surface area contributed by atoms with E-state index in [1.807, 2.05) is 48.5 Å². The number of amidine groups is 2. The normalized spacial score (nSPS) is 13.3. The Morgan fingerprint density at radius 2 is 1.05 bits per heavy atom. The molecule has 8 aromatic carbocycles. The van der Waals surface area contributed by atoms with E-state index in [1.165, 1.54) is 0 Å². The fraction of sp³-hybridized carbons (Fsp3) is 0.0196. The van der Waals surface area contributed by atoms with Crippen LogP contribution in [-0.2, 0) is 0 Å². The lowest BCUT2D eigenvalue weighted by atomic mass is 9.97. The molecule has 3 heterocycles. The number of benzene rings is 8. The van der Waals surface area contributed by atoms with Gasteiger partial charge in [-0.1, -0.05) is 158 Å². The van der Waals surface area contributed by atoms with Crippen molar-refractivity contribution >= 4 is 55.4 Å². The van der Waals surface area contributed by atoms with Crippen LogP contribution in [0, 0.1) is 0 Å². The molecule has 0 bridgehead atoms. The van der Waals surface area contributed by atoms with Gasteiger partial charge in [-0.05, 0) is 53.1 Å². The van der Waals surface area contributed by atoms with Crippen LogP contribution in [0.25, 0.3) is 71.7 Å². The minimum Gasteiger partial charge on any atom is -0.455 e. The van der Waals surface area contributed by atoms with Gasteiger partial charge < -0.3 is 14.3 Å². The highest BCUT2D eigenvalue weighted by Crippen LogP contribution is 2.41. The fourth-order valence-electron chi connectivity index (χ4n) is 8.24. The van der Waals surface area contributed by atoms with Crippen molar-refractivity contribution in [1.29, 1.82) is 0 Å². The number of hydrogen-bond donors (Lipinski definition) is 1. The average molecular weight is 719 g/mol. The maximum Gasteiger partial charge on any atom is 0.170 e. The maximum atomic E-state index is 6.38. The molecule has 1 N–H and O–H groups in total. The maximum absolute atomic E-state index is 6.38. The van der Waals surface area contributed by atoms with Crippen LogP contribution < -0.4 is 5.32 Å². The van der Waals surface area contributed by atoms with Gasteiger partial charge in [0.2, 0.25) is 0 Å². The summed E-state index contributed by atoms with van der Waals surface area (Å²) in [6.45, 7) is 0. The molecule has 10 aromatic rings. The fourth-order valence-corrected chi connectivity index (χ4v) is 8.24. The van der Waals surface area contributed by atoms with Crippen LogP contribution in [0.3, 0.4) is 0 Å². The predicted molar refractivity (Wildman–Crippen MR) is 231 cm³/mol. The molecular weight excluding hydrogens is 685 g/mol. The summed E-state index contributed by atoms with van der Waals surface area (Å²) in [5, 5.41) is 8.11. The third kappa shape index (κ3) is 5.32. The third-order valence-electron chi connectivity index (χ3n) is 10.9. The van der Waals surface area contributed by atoms with Gasteiger partial charge in [-0.2, -0.15) is 0 Å². The van der Waals surface area contributed by atoms with Crippen LogP contribution in [0.5, 0.6) is 0 Å². The Labute approximate surface area is 323 Å². The molecule has 264 valence electrons. The summed E-state index contributed by atoms with van der Waals surface area (Å²) in [5.74, 6) is 1.60. The van der Waals surface area contributed by atoms with Gasteiger partial charge in [-0.15, -0.1) is 0 Å². The van der Waals surface area contributed by atoms with E-state index in [0.29, 0.717) is 0 Å². The Hall–Kier alpha value is -7.50. The molecule has 0 saturated heterocycles. The molecule has 0 atom stereocenters. The van der Waals surface area contributed by atoms with E-state index < -0.39 is 6.17 Å². The van der Waals surface area contributed by atoms with Crippen molar-refractivity contribution in [2.24, 2.45) is 9.98 Å². The number of aromatic nitrogens is 1. The standard InChI is InChI=1S/C51H34N4O/c1-4-14-35(15-5-1)49-52-50(36-16-6-2-7-17-36)54-51(53-49)42-23-13-24-45-47(42)43-32-37(30-31-44(43)55(45)38-18-8-3-9-19-38)33-26-28-34(29-27-33)39-21-12-22-41-40-20-10-11-25-46(40)56-48(39)41/h1-32,51H,(H,52,53,54). The van der Waals surface area contributed by atoms with Crippen molar-refractivity contribution in [2.75, 3.05) is 0 Å². The van der Waals surface area contributed by atoms with Crippen molar-refractivity contribution in [3.8, 4) is 27.9 Å². The molecule has 11 rings (SSSR count). The monoisotopic (exact) mass is 718 g/mol. The number of aliphatic imine (C=N–C) groups is 2. The Bertz CT molecular complexity index is 3090. The molecule has 5 nitrogen and oxygen atoms in total. The number of nitrogens with zero attached hydrogens (tertiary/aromatic N) is 3. The van der Waals surface area contributed by atoms with Crippen LogP contribution in [0.4, 0.5) is 0 Å². The first-order valence-electron chi connectivity index (χ1n) is 18.9. The number of fused-ring (bicyclic) bond motifs is 6. The molecule has 1 aliphatic heterocycles. The van der Waals surface area contributed by atoms with E-state index in [-0.39, 0.29) is 0 Å². The minimum absolute atomic E-state index is 0.468. The molecule has 0 spiro atoms. The first kappa shape index (κ1) is 32.0. The summed E-state index contributed by atoms with van der Waals surface area (Å²) >= 11 is 0. The number of para-hydroxylation sites is 3. The van der Waals surface area contributed by atoms with Crippen LogP contribution in [0.1, 0.15) is 22.9 Å². The summed E-state index contributed by atoms with van der Waals surface area (Å²) in [7, 11) is 0. The largest absolute Gasteiger partial charge is 0.455 e. The van der Waals surface area contributed by atoms with E-state index >= 15 is 0 Å². The molecule has 2 aromatic heterocycles. The second-order valence-electron chi connectivity index (χ2n) is 14.2. The summed E-state index contributed by atoms with van der Waals surface area (Å²) in [4.78, 5) is 10.6. The lowest BCUT2D eigenvalue weighted by Gasteiger charge is -2.23. The second-order valence-corrected chi connectivity index (χ2v) is 14.2. The van der Waals surface area contributed by atoms with Crippen molar-refractivity contribution < 1.29 is 4.42 Å². The van der Waals surface area contributed by atoms with Gasteiger partial charge in [0.15, 0.2) is 6.17 Å².